The molecule has 2 aliphatic heterocycles. The predicted molar refractivity (Wildman–Crippen MR) is 105 cm³/mol. The molecule has 0 spiro atoms. The molecule has 1 amide bonds. The van der Waals surface area contributed by atoms with Crippen LogP contribution in [0.5, 0.6) is 5.75 Å². The molecule has 0 unspecified atom stereocenters. The quantitative estimate of drug-likeness (QED) is 0.820. The molecule has 4 rings (SSSR count). The summed E-state index contributed by atoms with van der Waals surface area (Å²) in [6.45, 7) is 2.18. The van der Waals surface area contributed by atoms with Gasteiger partial charge in [-0.3, -0.25) is 9.59 Å². The number of hydrogen-bond donors (Lipinski definition) is 1. The minimum atomic E-state index is -0.838. The van der Waals surface area contributed by atoms with E-state index in [1.807, 2.05) is 7.05 Å². The number of ether oxygens (including phenoxy) is 1. The molecule has 0 bridgehead atoms. The van der Waals surface area contributed by atoms with E-state index in [1.54, 1.807) is 4.90 Å². The van der Waals surface area contributed by atoms with E-state index >= 15 is 0 Å². The smallest absolute Gasteiger partial charge is 0.260 e. The Labute approximate surface area is 172 Å². The molecule has 9 heteroatoms. The van der Waals surface area contributed by atoms with Crippen molar-refractivity contribution in [2.24, 2.45) is 0 Å². The minimum absolute atomic E-state index is 0.0743. The van der Waals surface area contributed by atoms with Crippen LogP contribution in [-0.2, 0) is 17.8 Å². The minimum Gasteiger partial charge on any atom is -0.481 e. The number of likely N-dealkylation sites (N-methyl/N-ethyl adjacent to an activating group) is 1. The lowest BCUT2D eigenvalue weighted by atomic mass is 9.95. The topological polar surface area (TPSA) is 78.5 Å². The summed E-state index contributed by atoms with van der Waals surface area (Å²) in [5.41, 5.74) is 1.54. The summed E-state index contributed by atoms with van der Waals surface area (Å²) in [4.78, 5) is 36.3. The van der Waals surface area contributed by atoms with E-state index in [2.05, 4.69) is 9.88 Å². The fraction of sp³-hybridized carbons (Fsp3) is 0.476. The van der Waals surface area contributed by atoms with Crippen LogP contribution in [0.4, 0.5) is 8.78 Å². The normalized spacial score (nSPS) is 17.6. The highest BCUT2D eigenvalue weighted by molar-refractivity contribution is 5.77. The standard InChI is InChI=1S/C21H24F2N4O3/c1-26-7-6-17-15(11-26)21(29)25-20(24-17)13-4-8-27(9-5-13)19(28)12-30-18-3-2-14(22)10-16(18)23/h2-3,10,13H,4-9,11-12H2,1H3,(H,24,25,29). The van der Waals surface area contributed by atoms with Crippen molar-refractivity contribution < 1.29 is 18.3 Å². The summed E-state index contributed by atoms with van der Waals surface area (Å²) in [7, 11) is 1.98. The lowest BCUT2D eigenvalue weighted by molar-refractivity contribution is -0.134. The number of nitrogens with one attached hydrogen (secondary N) is 1. The van der Waals surface area contributed by atoms with Crippen LogP contribution in [0, 0.1) is 11.6 Å². The molecule has 0 radical (unpaired) electrons. The van der Waals surface area contributed by atoms with E-state index < -0.39 is 11.6 Å². The molecule has 1 fully saturated rings. The number of halogens is 2. The van der Waals surface area contributed by atoms with Crippen molar-refractivity contribution in [3.05, 3.63) is 57.3 Å². The summed E-state index contributed by atoms with van der Waals surface area (Å²) in [5.74, 6) is -1.17. The summed E-state index contributed by atoms with van der Waals surface area (Å²) in [6, 6.07) is 2.97. The zero-order chi connectivity index (χ0) is 21.3. The second-order valence-electron chi connectivity index (χ2n) is 7.88. The third-order valence-electron chi connectivity index (χ3n) is 5.76. The first-order valence-electron chi connectivity index (χ1n) is 10.1. The van der Waals surface area contributed by atoms with Gasteiger partial charge in [-0.2, -0.15) is 0 Å². The van der Waals surface area contributed by atoms with E-state index in [1.165, 1.54) is 6.07 Å². The Morgan fingerprint density at radius 1 is 1.27 bits per heavy atom. The largest absolute Gasteiger partial charge is 0.481 e. The van der Waals surface area contributed by atoms with Gasteiger partial charge in [0.25, 0.3) is 11.5 Å². The Hall–Kier alpha value is -2.81. The number of nitrogens with zero attached hydrogens (tertiary/aromatic N) is 3. The average molecular weight is 418 g/mol. The van der Waals surface area contributed by atoms with Crippen LogP contribution in [0.3, 0.4) is 0 Å². The zero-order valence-corrected chi connectivity index (χ0v) is 16.8. The number of carbonyl (C=O) groups excluding carboxylic acids is 1. The van der Waals surface area contributed by atoms with Crippen molar-refractivity contribution in [3.8, 4) is 5.75 Å². The molecule has 2 aliphatic rings. The summed E-state index contributed by atoms with van der Waals surface area (Å²) >= 11 is 0. The van der Waals surface area contributed by atoms with Gasteiger partial charge < -0.3 is 19.5 Å². The molecule has 2 aromatic rings. The van der Waals surface area contributed by atoms with Crippen LogP contribution < -0.4 is 10.3 Å². The van der Waals surface area contributed by atoms with Crippen molar-refractivity contribution in [3.63, 3.8) is 0 Å². The molecule has 1 N–H and O–H groups in total. The first kappa shape index (κ1) is 20.5. The number of amides is 1. The Balaban J connectivity index is 1.34. The lowest BCUT2D eigenvalue weighted by Gasteiger charge is -2.32. The molecule has 160 valence electrons. The SMILES string of the molecule is CN1CCc2nc(C3CCN(C(=O)COc4ccc(F)cc4F)CC3)[nH]c(=O)c2C1. The molecular weight excluding hydrogens is 394 g/mol. The second kappa shape index (κ2) is 8.51. The monoisotopic (exact) mass is 418 g/mol. The van der Waals surface area contributed by atoms with Gasteiger partial charge in [-0.05, 0) is 32.0 Å². The molecule has 0 atom stereocenters. The van der Waals surface area contributed by atoms with Crippen molar-refractivity contribution in [2.45, 2.75) is 31.7 Å². The van der Waals surface area contributed by atoms with E-state index in [0.29, 0.717) is 38.3 Å². The number of aromatic amines is 1. The highest BCUT2D eigenvalue weighted by Crippen LogP contribution is 2.26. The summed E-state index contributed by atoms with van der Waals surface area (Å²) in [5, 5.41) is 0. The van der Waals surface area contributed by atoms with E-state index in [-0.39, 0.29) is 29.7 Å². The van der Waals surface area contributed by atoms with Gasteiger partial charge in [0, 0.05) is 44.6 Å². The molecule has 1 aromatic heterocycles. The maximum Gasteiger partial charge on any atom is 0.260 e. The Bertz CT molecular complexity index is 1000. The Morgan fingerprint density at radius 2 is 2.03 bits per heavy atom. The molecule has 30 heavy (non-hydrogen) atoms. The third kappa shape index (κ3) is 4.35. The number of fused-ring (bicyclic) bond motifs is 1. The van der Waals surface area contributed by atoms with E-state index in [4.69, 9.17) is 9.72 Å². The Kier molecular flexibility index (Phi) is 5.80. The van der Waals surface area contributed by atoms with Crippen LogP contribution in [0.25, 0.3) is 0 Å². The molecule has 1 saturated heterocycles. The third-order valence-corrected chi connectivity index (χ3v) is 5.76. The Morgan fingerprint density at radius 3 is 2.77 bits per heavy atom. The maximum absolute atomic E-state index is 13.6. The number of H-pyrrole nitrogens is 1. The fourth-order valence-corrected chi connectivity index (χ4v) is 4.00. The van der Waals surface area contributed by atoms with Crippen LogP contribution >= 0.6 is 0 Å². The van der Waals surface area contributed by atoms with Gasteiger partial charge in [0.15, 0.2) is 18.2 Å². The highest BCUT2D eigenvalue weighted by Gasteiger charge is 2.27. The molecule has 3 heterocycles. The number of piperidine rings is 1. The van der Waals surface area contributed by atoms with Gasteiger partial charge in [0.05, 0.1) is 11.3 Å². The van der Waals surface area contributed by atoms with Crippen molar-refractivity contribution in [1.82, 2.24) is 19.8 Å². The van der Waals surface area contributed by atoms with Gasteiger partial charge in [0.2, 0.25) is 0 Å². The number of benzene rings is 1. The van der Waals surface area contributed by atoms with Crippen LogP contribution in [-0.4, -0.2) is 59.0 Å². The number of hydrogen-bond acceptors (Lipinski definition) is 5. The van der Waals surface area contributed by atoms with Crippen molar-refractivity contribution in [1.29, 1.82) is 0 Å². The van der Waals surface area contributed by atoms with E-state index in [9.17, 15) is 18.4 Å². The molecule has 0 saturated carbocycles. The number of carbonyl (C=O) groups is 1. The highest BCUT2D eigenvalue weighted by atomic mass is 19.1. The summed E-state index contributed by atoms with van der Waals surface area (Å²) in [6.07, 6.45) is 2.12. The van der Waals surface area contributed by atoms with Gasteiger partial charge in [0.1, 0.15) is 11.6 Å². The van der Waals surface area contributed by atoms with Gasteiger partial charge in [-0.15, -0.1) is 0 Å². The predicted octanol–water partition coefficient (Wildman–Crippen LogP) is 1.82. The molecule has 7 nitrogen and oxygen atoms in total. The fourth-order valence-electron chi connectivity index (χ4n) is 4.00. The number of rotatable bonds is 4. The van der Waals surface area contributed by atoms with Gasteiger partial charge >= 0.3 is 0 Å². The molecule has 0 aliphatic carbocycles. The lowest BCUT2D eigenvalue weighted by Crippen LogP contribution is -2.41. The average Bonchev–Trinajstić information content (AvgIpc) is 2.73. The van der Waals surface area contributed by atoms with Gasteiger partial charge in [-0.25, -0.2) is 13.8 Å². The zero-order valence-electron chi connectivity index (χ0n) is 16.8. The molecule has 1 aromatic carbocycles. The first-order chi connectivity index (χ1) is 14.4. The first-order valence-corrected chi connectivity index (χ1v) is 10.1. The van der Waals surface area contributed by atoms with Crippen LogP contribution in [0.1, 0.15) is 35.8 Å². The summed E-state index contributed by atoms with van der Waals surface area (Å²) < 4.78 is 31.8. The van der Waals surface area contributed by atoms with E-state index in [0.717, 1.165) is 36.4 Å². The van der Waals surface area contributed by atoms with Crippen molar-refractivity contribution >= 4 is 5.91 Å². The second-order valence-corrected chi connectivity index (χ2v) is 7.88. The van der Waals surface area contributed by atoms with Crippen LogP contribution in [0.2, 0.25) is 0 Å². The van der Waals surface area contributed by atoms with Crippen LogP contribution in [0.15, 0.2) is 23.0 Å². The number of likely N-dealkylation sites (tertiary alicyclic amines) is 1. The number of aromatic nitrogens is 2. The van der Waals surface area contributed by atoms with Crippen molar-refractivity contribution in [2.75, 3.05) is 33.3 Å². The molecular formula is C21H24F2N4O3. The maximum atomic E-state index is 13.6. The van der Waals surface area contributed by atoms with Gasteiger partial charge in [-0.1, -0.05) is 0 Å².